The molecule has 92 valence electrons. The van der Waals surface area contributed by atoms with Crippen LogP contribution in [0.5, 0.6) is 0 Å². The average Bonchev–Trinajstić information content (AvgIpc) is 2.72. The zero-order valence-electron chi connectivity index (χ0n) is 9.98. The second-order valence-corrected chi connectivity index (χ2v) is 3.46. The number of hydrogen-bond donors (Lipinski definition) is 1. The van der Waals surface area contributed by atoms with E-state index in [1.807, 2.05) is 17.9 Å². The number of rotatable bonds is 9. The third-order valence-corrected chi connectivity index (χ3v) is 2.05. The fourth-order valence-electron chi connectivity index (χ4n) is 1.28. The molecule has 0 spiro atoms. The molecule has 1 aromatic heterocycles. The van der Waals surface area contributed by atoms with Gasteiger partial charge >= 0.3 is 0 Å². The lowest BCUT2D eigenvalue weighted by molar-refractivity contribution is 0.0676. The van der Waals surface area contributed by atoms with Crippen LogP contribution in [0.1, 0.15) is 12.1 Å². The highest BCUT2D eigenvalue weighted by atomic mass is 16.5. The van der Waals surface area contributed by atoms with Crippen LogP contribution >= 0.6 is 0 Å². The maximum atomic E-state index is 5.35. The molecule has 0 aromatic carbocycles. The van der Waals surface area contributed by atoms with Gasteiger partial charge in [-0.25, -0.2) is 0 Å². The summed E-state index contributed by atoms with van der Waals surface area (Å²) in [7, 11) is 3.56. The van der Waals surface area contributed by atoms with Crippen molar-refractivity contribution in [3.8, 4) is 0 Å². The zero-order valence-corrected chi connectivity index (χ0v) is 9.98. The summed E-state index contributed by atoms with van der Waals surface area (Å²) in [5.41, 5.74) is 0.961. The zero-order chi connectivity index (χ0) is 11.6. The van der Waals surface area contributed by atoms with E-state index >= 15 is 0 Å². The Kier molecular flexibility index (Phi) is 6.71. The Balaban J connectivity index is 2.07. The quantitative estimate of drug-likeness (QED) is 0.605. The van der Waals surface area contributed by atoms with Gasteiger partial charge in [0.05, 0.1) is 18.9 Å². The Bertz CT molecular complexity index is 278. The molecule has 1 aromatic rings. The lowest BCUT2D eigenvalue weighted by Crippen LogP contribution is -2.07. The second-order valence-electron chi connectivity index (χ2n) is 3.46. The van der Waals surface area contributed by atoms with Crippen LogP contribution < -0.4 is 5.32 Å². The number of hydrogen-bond acceptors (Lipinski definition) is 5. The molecule has 6 nitrogen and oxygen atoms in total. The highest BCUT2D eigenvalue weighted by Crippen LogP contribution is 1.94. The molecule has 0 aliphatic heterocycles. The Labute approximate surface area is 95.9 Å². The van der Waals surface area contributed by atoms with E-state index in [1.54, 1.807) is 7.11 Å². The van der Waals surface area contributed by atoms with E-state index in [4.69, 9.17) is 9.47 Å². The standard InChI is InChI=1S/C10H20N4O2/c1-11-8-10-9-14(13-12-10)4-3-5-16-7-6-15-2/h9,11H,3-8H2,1-2H3. The summed E-state index contributed by atoms with van der Waals surface area (Å²) in [5, 5.41) is 11.1. The van der Waals surface area contributed by atoms with Crippen LogP contribution in [0.2, 0.25) is 0 Å². The van der Waals surface area contributed by atoms with Crippen LogP contribution in [-0.2, 0) is 22.6 Å². The van der Waals surface area contributed by atoms with Gasteiger partial charge in [0.25, 0.3) is 0 Å². The van der Waals surface area contributed by atoms with Crippen LogP contribution in [0.25, 0.3) is 0 Å². The summed E-state index contributed by atoms with van der Waals surface area (Å²) in [5.74, 6) is 0. The van der Waals surface area contributed by atoms with Crippen molar-refractivity contribution < 1.29 is 9.47 Å². The topological polar surface area (TPSA) is 61.2 Å². The summed E-state index contributed by atoms with van der Waals surface area (Å²) >= 11 is 0. The van der Waals surface area contributed by atoms with Crippen LogP contribution in [0.15, 0.2) is 6.20 Å². The largest absolute Gasteiger partial charge is 0.382 e. The first-order chi connectivity index (χ1) is 7.86. The molecule has 0 unspecified atom stereocenters. The fourth-order valence-corrected chi connectivity index (χ4v) is 1.28. The highest BCUT2D eigenvalue weighted by molar-refractivity contribution is 4.90. The molecule has 1 rings (SSSR count). The van der Waals surface area contributed by atoms with Gasteiger partial charge in [0.2, 0.25) is 0 Å². The van der Waals surface area contributed by atoms with Gasteiger partial charge in [0.1, 0.15) is 0 Å². The first-order valence-electron chi connectivity index (χ1n) is 5.47. The Hall–Kier alpha value is -0.980. The molecule has 0 aliphatic carbocycles. The van der Waals surface area contributed by atoms with Crippen LogP contribution in [0.4, 0.5) is 0 Å². The van der Waals surface area contributed by atoms with Crippen LogP contribution in [-0.4, -0.2) is 49.0 Å². The molecule has 0 radical (unpaired) electrons. The van der Waals surface area contributed by atoms with E-state index in [-0.39, 0.29) is 0 Å². The van der Waals surface area contributed by atoms with E-state index in [0.717, 1.165) is 31.8 Å². The van der Waals surface area contributed by atoms with Gasteiger partial charge in [0.15, 0.2) is 0 Å². The average molecular weight is 228 g/mol. The van der Waals surface area contributed by atoms with Gasteiger partial charge < -0.3 is 14.8 Å². The van der Waals surface area contributed by atoms with E-state index in [0.29, 0.717) is 13.2 Å². The van der Waals surface area contributed by atoms with Crippen molar-refractivity contribution in [1.82, 2.24) is 20.3 Å². The van der Waals surface area contributed by atoms with Crippen molar-refractivity contribution >= 4 is 0 Å². The molecule has 16 heavy (non-hydrogen) atoms. The summed E-state index contributed by atoms with van der Waals surface area (Å²) < 4.78 is 12.1. The van der Waals surface area contributed by atoms with Gasteiger partial charge in [-0.3, -0.25) is 4.68 Å². The van der Waals surface area contributed by atoms with Crippen molar-refractivity contribution in [3.05, 3.63) is 11.9 Å². The summed E-state index contributed by atoms with van der Waals surface area (Å²) in [6, 6.07) is 0. The molecule has 0 saturated heterocycles. The molecular weight excluding hydrogens is 208 g/mol. The number of aryl methyl sites for hydroxylation is 1. The molecule has 0 atom stereocenters. The van der Waals surface area contributed by atoms with Crippen molar-refractivity contribution in [2.75, 3.05) is 34.0 Å². The summed E-state index contributed by atoms with van der Waals surface area (Å²) in [6.45, 7) is 3.62. The molecule has 1 N–H and O–H groups in total. The predicted molar refractivity (Wildman–Crippen MR) is 60.1 cm³/mol. The SMILES string of the molecule is CNCc1cn(CCCOCCOC)nn1. The minimum Gasteiger partial charge on any atom is -0.382 e. The van der Waals surface area contributed by atoms with E-state index in [2.05, 4.69) is 15.6 Å². The van der Waals surface area contributed by atoms with Crippen molar-refractivity contribution in [1.29, 1.82) is 0 Å². The van der Waals surface area contributed by atoms with Gasteiger partial charge in [-0.1, -0.05) is 5.21 Å². The third kappa shape index (κ3) is 5.20. The minimum absolute atomic E-state index is 0.648. The van der Waals surface area contributed by atoms with Crippen molar-refractivity contribution in [2.24, 2.45) is 0 Å². The molecule has 0 amide bonds. The Morgan fingerprint density at radius 3 is 3.00 bits per heavy atom. The van der Waals surface area contributed by atoms with E-state index in [1.165, 1.54) is 0 Å². The predicted octanol–water partition coefficient (Wildman–Crippen LogP) is 0.0506. The maximum absolute atomic E-state index is 5.35. The first-order valence-corrected chi connectivity index (χ1v) is 5.47. The smallest absolute Gasteiger partial charge is 0.0964 e. The lowest BCUT2D eigenvalue weighted by atomic mass is 10.4. The number of nitrogens with zero attached hydrogens (tertiary/aromatic N) is 3. The molecule has 1 heterocycles. The van der Waals surface area contributed by atoms with Crippen molar-refractivity contribution in [2.45, 2.75) is 19.5 Å². The van der Waals surface area contributed by atoms with Gasteiger partial charge in [-0.2, -0.15) is 0 Å². The normalized spacial score (nSPS) is 10.9. The Morgan fingerprint density at radius 1 is 1.38 bits per heavy atom. The van der Waals surface area contributed by atoms with Gasteiger partial charge in [-0.15, -0.1) is 5.10 Å². The van der Waals surface area contributed by atoms with E-state index < -0.39 is 0 Å². The molecule has 0 fully saturated rings. The lowest BCUT2D eigenvalue weighted by Gasteiger charge is -2.02. The van der Waals surface area contributed by atoms with Gasteiger partial charge in [-0.05, 0) is 13.5 Å². The van der Waals surface area contributed by atoms with Crippen LogP contribution in [0.3, 0.4) is 0 Å². The fraction of sp³-hybridized carbons (Fsp3) is 0.800. The molecule has 0 aliphatic rings. The second kappa shape index (κ2) is 8.20. The molecular formula is C10H20N4O2. The minimum atomic E-state index is 0.648. The number of ether oxygens (including phenoxy) is 2. The summed E-state index contributed by atoms with van der Waals surface area (Å²) in [6.07, 6.45) is 2.89. The van der Waals surface area contributed by atoms with E-state index in [9.17, 15) is 0 Å². The molecule has 6 heteroatoms. The first kappa shape index (κ1) is 13.1. The van der Waals surface area contributed by atoms with Gasteiger partial charge in [0, 0.05) is 33.0 Å². The Morgan fingerprint density at radius 2 is 2.25 bits per heavy atom. The highest BCUT2D eigenvalue weighted by Gasteiger charge is 1.98. The number of nitrogens with one attached hydrogen (secondary N) is 1. The third-order valence-electron chi connectivity index (χ3n) is 2.05. The summed E-state index contributed by atoms with van der Waals surface area (Å²) in [4.78, 5) is 0. The molecule has 0 bridgehead atoms. The molecule has 0 saturated carbocycles. The monoisotopic (exact) mass is 228 g/mol. The number of methoxy groups -OCH3 is 1. The number of aromatic nitrogens is 3. The van der Waals surface area contributed by atoms with Crippen molar-refractivity contribution in [3.63, 3.8) is 0 Å². The maximum Gasteiger partial charge on any atom is 0.0964 e. The van der Waals surface area contributed by atoms with Crippen LogP contribution in [0, 0.1) is 0 Å².